The first-order valence-electron chi connectivity index (χ1n) is 27.4. The molecule has 0 radical (unpaired) electrons. The monoisotopic (exact) mass is 1090 g/mol. The number of carbonyl (C=O) groups is 1. The molecule has 0 aromatic heterocycles. The summed E-state index contributed by atoms with van der Waals surface area (Å²) in [6.07, 6.45) is 14.6. The third-order valence-electron chi connectivity index (χ3n) is 17.0. The third-order valence-corrected chi connectivity index (χ3v) is 17.6. The predicted octanol–water partition coefficient (Wildman–Crippen LogP) is 18.0. The van der Waals surface area contributed by atoms with Gasteiger partial charge in [0.05, 0.1) is 18.6 Å². The summed E-state index contributed by atoms with van der Waals surface area (Å²) in [5.41, 5.74) is 11.3. The first-order chi connectivity index (χ1) is 37.4. The number of rotatable bonds is 12. The van der Waals surface area contributed by atoms with Gasteiger partial charge in [0.2, 0.25) is 0 Å². The Morgan fingerprint density at radius 2 is 1.34 bits per heavy atom. The molecule has 9 heteroatoms. The lowest BCUT2D eigenvalue weighted by atomic mass is 9.76. The van der Waals surface area contributed by atoms with Crippen molar-refractivity contribution >= 4 is 50.1 Å². The van der Waals surface area contributed by atoms with Gasteiger partial charge in [-0.25, -0.2) is 13.2 Å². The number of hydrogen-bond donors (Lipinski definition) is 1. The van der Waals surface area contributed by atoms with Crippen LogP contribution in [-0.4, -0.2) is 32.2 Å². The highest BCUT2D eigenvalue weighted by molar-refractivity contribution is 9.10. The minimum Gasteiger partial charge on any atom is -0.472 e. The zero-order valence-electron chi connectivity index (χ0n) is 43.8. The topological polar surface area (TPSA) is 50.8 Å². The molecule has 2 aliphatic heterocycles. The smallest absolute Gasteiger partial charge is 0.255 e. The van der Waals surface area contributed by atoms with Crippen LogP contribution >= 0.6 is 15.9 Å². The van der Waals surface area contributed by atoms with Crippen molar-refractivity contribution < 1.29 is 27.4 Å². The van der Waals surface area contributed by atoms with Gasteiger partial charge in [-0.05, 0) is 166 Å². The molecular formula is C68H62BrF3N2O3. The first kappa shape index (κ1) is 50.9. The number of hydrogen-bond acceptors (Lipinski definition) is 4. The number of fused-ring (bicyclic) bond motifs is 8. The van der Waals surface area contributed by atoms with Crippen LogP contribution in [0.2, 0.25) is 0 Å². The summed E-state index contributed by atoms with van der Waals surface area (Å²) >= 11 is 3.97. The summed E-state index contributed by atoms with van der Waals surface area (Å²) < 4.78 is 60.9. The highest BCUT2D eigenvalue weighted by Gasteiger charge is 2.46. The second kappa shape index (κ2) is 20.8. The average Bonchev–Trinajstić information content (AvgIpc) is 3.89. The molecule has 2 heterocycles. The van der Waals surface area contributed by atoms with Crippen LogP contribution in [-0.2, 0) is 15.8 Å². The molecule has 4 aliphatic rings. The molecule has 8 aromatic rings. The van der Waals surface area contributed by atoms with Gasteiger partial charge in [-0.3, -0.25) is 4.79 Å². The lowest BCUT2D eigenvalue weighted by molar-refractivity contribution is 0.102. The van der Waals surface area contributed by atoms with Crippen molar-refractivity contribution in [3.8, 4) is 39.1 Å². The van der Waals surface area contributed by atoms with Crippen LogP contribution in [0.25, 0.3) is 50.2 Å². The Hall–Kier alpha value is -6.94. The van der Waals surface area contributed by atoms with E-state index in [4.69, 9.17) is 9.47 Å². The number of unbranched alkanes of at least 4 members (excludes halogenated alkanes) is 2. The predicted molar refractivity (Wildman–Crippen MR) is 310 cm³/mol. The number of anilines is 2. The number of halogens is 4. The van der Waals surface area contributed by atoms with E-state index in [0.717, 1.165) is 85.3 Å². The zero-order valence-corrected chi connectivity index (χ0v) is 45.4. The molecule has 12 rings (SSSR count). The van der Waals surface area contributed by atoms with E-state index in [2.05, 4.69) is 83.3 Å². The van der Waals surface area contributed by atoms with Gasteiger partial charge in [0.1, 0.15) is 23.2 Å². The van der Waals surface area contributed by atoms with Gasteiger partial charge in [-0.2, -0.15) is 0 Å². The van der Waals surface area contributed by atoms with Crippen molar-refractivity contribution in [3.63, 3.8) is 0 Å². The minimum atomic E-state index is -1.29. The molecule has 1 unspecified atom stereocenters. The first-order valence-corrected chi connectivity index (χ1v) is 28.2. The van der Waals surface area contributed by atoms with Crippen LogP contribution in [0, 0.1) is 23.4 Å². The lowest BCUT2D eigenvalue weighted by Gasteiger charge is -2.39. The van der Waals surface area contributed by atoms with Gasteiger partial charge < -0.3 is 19.7 Å². The van der Waals surface area contributed by atoms with Crippen molar-refractivity contribution in [3.05, 3.63) is 213 Å². The molecule has 2 aliphatic carbocycles. The van der Waals surface area contributed by atoms with Gasteiger partial charge in [-0.15, -0.1) is 0 Å². The lowest BCUT2D eigenvalue weighted by Crippen LogP contribution is -2.37. The third kappa shape index (κ3) is 9.47. The quantitative estimate of drug-likeness (QED) is 0.124. The molecular weight excluding hydrogens is 1030 g/mol. The molecule has 1 N–H and O–H groups in total. The fraction of sp³-hybridized carbons (Fsp3) is 0.279. The number of morpholine rings is 1. The molecule has 0 bridgehead atoms. The Labute approximate surface area is 458 Å². The van der Waals surface area contributed by atoms with Crippen LogP contribution in [0.5, 0.6) is 5.75 Å². The Bertz CT molecular complexity index is 3540. The number of nitrogens with one attached hydrogen (secondary N) is 1. The van der Waals surface area contributed by atoms with Gasteiger partial charge in [0.15, 0.2) is 5.60 Å². The average molecular weight is 1090 g/mol. The summed E-state index contributed by atoms with van der Waals surface area (Å²) in [5, 5.41) is 3.63. The van der Waals surface area contributed by atoms with Crippen LogP contribution in [0.15, 0.2) is 156 Å². The standard InChI is InChI=1S/C68H62BrF3N2O3/c1-4-5-6-7-42-8-10-43(11-9-42)44-12-14-45(15-13-44)46-16-18-48(19-17-46)66(75)73-54-28-20-47(21-29-54)49-38-58-61-57-40-53(71)41-60(72)62(57)65-56(64(61)67(2,3)63(58)59(69)39-49)32-33-68(77-65,50-22-26-52(70)27-23-50)51-24-30-55(31-25-51)74-34-36-76-37-35-74/h12-33,38-43H,4-11,34-37H2,1-3H3,(H,73,75)/t42-,43-,68?. The maximum atomic E-state index is 16.8. The minimum absolute atomic E-state index is 0.162. The van der Waals surface area contributed by atoms with Crippen molar-refractivity contribution in [1.82, 2.24) is 0 Å². The fourth-order valence-corrected chi connectivity index (χ4v) is 13.9. The van der Waals surface area contributed by atoms with E-state index < -0.39 is 28.5 Å². The van der Waals surface area contributed by atoms with Gasteiger partial charge in [0, 0.05) is 62.7 Å². The van der Waals surface area contributed by atoms with Crippen molar-refractivity contribution in [1.29, 1.82) is 0 Å². The molecule has 5 nitrogen and oxygen atoms in total. The highest BCUT2D eigenvalue weighted by atomic mass is 79.9. The zero-order chi connectivity index (χ0) is 53.0. The van der Waals surface area contributed by atoms with Gasteiger partial charge >= 0.3 is 0 Å². The van der Waals surface area contributed by atoms with Crippen LogP contribution in [0.4, 0.5) is 24.5 Å². The van der Waals surface area contributed by atoms with Crippen molar-refractivity contribution in [2.45, 2.75) is 89.1 Å². The number of carbonyl (C=O) groups excluding carboxylic acids is 1. The van der Waals surface area contributed by atoms with Crippen LogP contribution in [0.3, 0.4) is 0 Å². The molecule has 1 saturated carbocycles. The number of benzene rings is 8. The van der Waals surface area contributed by atoms with Gasteiger partial charge in [-0.1, -0.05) is 141 Å². The van der Waals surface area contributed by atoms with E-state index in [1.807, 2.05) is 84.9 Å². The van der Waals surface area contributed by atoms with Crippen molar-refractivity contribution in [2.75, 3.05) is 36.5 Å². The Balaban J connectivity index is 0.816. The molecule has 390 valence electrons. The normalized spacial score (nSPS) is 19.3. The summed E-state index contributed by atoms with van der Waals surface area (Å²) in [7, 11) is 0. The number of nitrogens with zero attached hydrogens (tertiary/aromatic N) is 1. The second-order valence-electron chi connectivity index (χ2n) is 22.1. The molecule has 0 spiro atoms. The number of ether oxygens (including phenoxy) is 2. The van der Waals surface area contributed by atoms with E-state index in [-0.39, 0.29) is 17.0 Å². The molecule has 2 fully saturated rings. The number of amides is 1. The summed E-state index contributed by atoms with van der Waals surface area (Å²) in [4.78, 5) is 15.9. The summed E-state index contributed by atoms with van der Waals surface area (Å²) in [6.45, 7) is 9.38. The maximum Gasteiger partial charge on any atom is 0.255 e. The molecule has 77 heavy (non-hydrogen) atoms. The van der Waals surface area contributed by atoms with Crippen LogP contribution < -0.4 is 15.0 Å². The van der Waals surface area contributed by atoms with E-state index >= 15 is 8.78 Å². The molecule has 8 aromatic carbocycles. The molecule has 1 atom stereocenters. The van der Waals surface area contributed by atoms with Gasteiger partial charge in [0.25, 0.3) is 5.91 Å². The second-order valence-corrected chi connectivity index (χ2v) is 22.9. The van der Waals surface area contributed by atoms with E-state index in [9.17, 15) is 9.18 Å². The molecule has 1 amide bonds. The van der Waals surface area contributed by atoms with Crippen LogP contribution in [0.1, 0.15) is 122 Å². The summed E-state index contributed by atoms with van der Waals surface area (Å²) in [5.74, 6) is -0.214. The van der Waals surface area contributed by atoms with Crippen molar-refractivity contribution in [2.24, 2.45) is 5.92 Å². The van der Waals surface area contributed by atoms with E-state index in [1.165, 1.54) is 75.1 Å². The SMILES string of the molecule is CCCCC[C@H]1CC[C@H](c2ccc(-c3ccc(C(=O)Nc4ccc(-c5cc(Br)c6c(c5)-c5c(c7c(c8c(F)cc(F)cc58)OC(c5ccc(F)cc5)(c5ccc(N8CCOCC8)cc5)C=C7)C6(C)C)cc4)cc3)cc2)CC1. The summed E-state index contributed by atoms with van der Waals surface area (Å²) in [6, 6.07) is 45.3. The van der Waals surface area contributed by atoms with E-state index in [0.29, 0.717) is 46.9 Å². The maximum absolute atomic E-state index is 16.8. The Kier molecular flexibility index (Phi) is 13.7. The fourth-order valence-electron chi connectivity index (χ4n) is 12.9. The highest BCUT2D eigenvalue weighted by Crippen LogP contribution is 2.60. The Morgan fingerprint density at radius 3 is 2.01 bits per heavy atom. The van der Waals surface area contributed by atoms with E-state index in [1.54, 1.807) is 12.1 Å². The largest absolute Gasteiger partial charge is 0.472 e. The molecule has 1 saturated heterocycles. The Morgan fingerprint density at radius 1 is 0.701 bits per heavy atom.